The maximum absolute atomic E-state index is 12.2. The van der Waals surface area contributed by atoms with Crippen LogP contribution in [0.25, 0.3) is 0 Å². The van der Waals surface area contributed by atoms with Crippen molar-refractivity contribution in [2.45, 2.75) is 45.6 Å². The van der Waals surface area contributed by atoms with Crippen molar-refractivity contribution >= 4 is 11.9 Å². The van der Waals surface area contributed by atoms with Crippen molar-refractivity contribution in [3.05, 3.63) is 27.4 Å². The van der Waals surface area contributed by atoms with Gasteiger partial charge in [-0.25, -0.2) is 9.78 Å². The van der Waals surface area contributed by atoms with Crippen LogP contribution in [-0.4, -0.2) is 33.0 Å². The van der Waals surface area contributed by atoms with Gasteiger partial charge < -0.3 is 15.4 Å². The van der Waals surface area contributed by atoms with Gasteiger partial charge in [0, 0.05) is 5.92 Å². The number of aryl methyl sites for hydroxylation is 1. The third-order valence-electron chi connectivity index (χ3n) is 3.54. The number of H-pyrrole nitrogens is 1. The summed E-state index contributed by atoms with van der Waals surface area (Å²) in [5.41, 5.74) is -0.352. The van der Waals surface area contributed by atoms with Crippen LogP contribution in [0.3, 0.4) is 0 Å². The summed E-state index contributed by atoms with van der Waals surface area (Å²) in [6.07, 6.45) is 1.55. The molecule has 1 aliphatic rings. The van der Waals surface area contributed by atoms with Gasteiger partial charge in [0.25, 0.3) is 11.5 Å². The van der Waals surface area contributed by atoms with E-state index in [1.54, 1.807) is 6.92 Å². The average molecular weight is 293 g/mol. The summed E-state index contributed by atoms with van der Waals surface area (Å²) in [4.78, 5) is 42.1. The SMILES string of the molecule is Cc1nc(C(C)C)[nH]c(=O)c1C(=O)NC(C(=O)O)C1CC1. The van der Waals surface area contributed by atoms with Gasteiger partial charge in [0.05, 0.1) is 5.69 Å². The highest BCUT2D eigenvalue weighted by Crippen LogP contribution is 2.32. The van der Waals surface area contributed by atoms with Gasteiger partial charge in [0.15, 0.2) is 0 Å². The molecular formula is C14H19N3O4. The zero-order chi connectivity index (χ0) is 15.7. The minimum atomic E-state index is -1.08. The number of nitrogens with one attached hydrogen (secondary N) is 2. The van der Waals surface area contributed by atoms with E-state index in [4.69, 9.17) is 5.11 Å². The summed E-state index contributed by atoms with van der Waals surface area (Å²) in [6, 6.07) is -0.943. The topological polar surface area (TPSA) is 112 Å². The molecular weight excluding hydrogens is 274 g/mol. The van der Waals surface area contributed by atoms with E-state index in [0.29, 0.717) is 11.5 Å². The largest absolute Gasteiger partial charge is 0.480 e. The van der Waals surface area contributed by atoms with Crippen LogP contribution in [0, 0.1) is 12.8 Å². The Morgan fingerprint density at radius 3 is 2.43 bits per heavy atom. The van der Waals surface area contributed by atoms with Gasteiger partial charge in [-0.1, -0.05) is 13.8 Å². The van der Waals surface area contributed by atoms with Gasteiger partial charge in [0.2, 0.25) is 0 Å². The van der Waals surface area contributed by atoms with Crippen molar-refractivity contribution in [1.82, 2.24) is 15.3 Å². The van der Waals surface area contributed by atoms with Crippen LogP contribution in [0.15, 0.2) is 4.79 Å². The molecule has 0 aromatic carbocycles. The molecule has 1 atom stereocenters. The van der Waals surface area contributed by atoms with Crippen molar-refractivity contribution in [1.29, 1.82) is 0 Å². The number of nitrogens with zero attached hydrogens (tertiary/aromatic N) is 1. The van der Waals surface area contributed by atoms with Crippen LogP contribution in [0.1, 0.15) is 54.5 Å². The number of hydrogen-bond donors (Lipinski definition) is 3. The minimum Gasteiger partial charge on any atom is -0.480 e. The Labute approximate surface area is 121 Å². The van der Waals surface area contributed by atoms with E-state index in [1.807, 2.05) is 13.8 Å². The highest BCUT2D eigenvalue weighted by atomic mass is 16.4. The van der Waals surface area contributed by atoms with E-state index in [9.17, 15) is 14.4 Å². The van der Waals surface area contributed by atoms with Gasteiger partial charge in [-0.3, -0.25) is 9.59 Å². The molecule has 3 N–H and O–H groups in total. The monoisotopic (exact) mass is 293 g/mol. The molecule has 21 heavy (non-hydrogen) atoms. The fourth-order valence-electron chi connectivity index (χ4n) is 2.17. The predicted molar refractivity (Wildman–Crippen MR) is 75.3 cm³/mol. The number of rotatable bonds is 5. The zero-order valence-corrected chi connectivity index (χ0v) is 12.3. The highest BCUT2D eigenvalue weighted by molar-refractivity contribution is 5.97. The first-order valence-corrected chi connectivity index (χ1v) is 6.95. The number of carboxylic acids is 1. The third-order valence-corrected chi connectivity index (χ3v) is 3.54. The van der Waals surface area contributed by atoms with Gasteiger partial charge in [0.1, 0.15) is 17.4 Å². The molecule has 1 heterocycles. The standard InChI is InChI=1S/C14H19N3O4/c1-6(2)11-15-7(3)9(13(19)17-11)12(18)16-10(14(20)21)8-4-5-8/h6,8,10H,4-5H2,1-3H3,(H,16,18)(H,20,21)(H,15,17,19). The molecule has 0 saturated heterocycles. The first kappa shape index (κ1) is 15.2. The zero-order valence-electron chi connectivity index (χ0n) is 12.3. The molecule has 114 valence electrons. The maximum Gasteiger partial charge on any atom is 0.326 e. The lowest BCUT2D eigenvalue weighted by Gasteiger charge is -2.14. The van der Waals surface area contributed by atoms with Gasteiger partial charge in [-0.05, 0) is 25.7 Å². The quantitative estimate of drug-likeness (QED) is 0.743. The average Bonchev–Trinajstić information content (AvgIpc) is 3.18. The van der Waals surface area contributed by atoms with Gasteiger partial charge in [-0.15, -0.1) is 0 Å². The Morgan fingerprint density at radius 1 is 1.38 bits per heavy atom. The molecule has 1 aromatic rings. The van der Waals surface area contributed by atoms with Crippen LogP contribution in [0.4, 0.5) is 0 Å². The summed E-state index contributed by atoms with van der Waals surface area (Å²) < 4.78 is 0. The normalized spacial score (nSPS) is 15.8. The fraction of sp³-hybridized carbons (Fsp3) is 0.571. The maximum atomic E-state index is 12.2. The van der Waals surface area contributed by atoms with E-state index in [0.717, 1.165) is 12.8 Å². The molecule has 1 fully saturated rings. The molecule has 1 aromatic heterocycles. The van der Waals surface area contributed by atoms with E-state index >= 15 is 0 Å². The number of amides is 1. The van der Waals surface area contributed by atoms with E-state index in [-0.39, 0.29) is 17.4 Å². The molecule has 1 amide bonds. The summed E-state index contributed by atoms with van der Waals surface area (Å²) in [5.74, 6) is -1.27. The number of carbonyl (C=O) groups excluding carboxylic acids is 1. The summed E-state index contributed by atoms with van der Waals surface area (Å²) >= 11 is 0. The molecule has 1 saturated carbocycles. The van der Waals surface area contributed by atoms with E-state index < -0.39 is 23.5 Å². The van der Waals surface area contributed by atoms with Gasteiger partial charge >= 0.3 is 5.97 Å². The second-order valence-corrected chi connectivity index (χ2v) is 5.69. The minimum absolute atomic E-state index is 0.0340. The van der Waals surface area contributed by atoms with Crippen LogP contribution >= 0.6 is 0 Å². The molecule has 2 rings (SSSR count). The number of carbonyl (C=O) groups is 2. The van der Waals surface area contributed by atoms with Crippen LogP contribution in [0.5, 0.6) is 0 Å². The molecule has 0 aliphatic heterocycles. The molecule has 0 radical (unpaired) electrons. The summed E-state index contributed by atoms with van der Waals surface area (Å²) in [6.45, 7) is 5.33. The molecule has 1 unspecified atom stereocenters. The molecule has 7 heteroatoms. The lowest BCUT2D eigenvalue weighted by molar-refractivity contribution is -0.139. The third kappa shape index (κ3) is 3.29. The van der Waals surface area contributed by atoms with Crippen molar-refractivity contribution in [3.8, 4) is 0 Å². The van der Waals surface area contributed by atoms with E-state index in [1.165, 1.54) is 0 Å². The summed E-state index contributed by atoms with van der Waals surface area (Å²) in [5, 5.41) is 11.5. The van der Waals surface area contributed by atoms with Crippen molar-refractivity contribution in [2.75, 3.05) is 0 Å². The molecule has 0 bridgehead atoms. The number of carboxylic acid groups (broad SMARTS) is 1. The Kier molecular flexibility index (Phi) is 4.11. The lowest BCUT2D eigenvalue weighted by Crippen LogP contribution is -2.44. The smallest absolute Gasteiger partial charge is 0.326 e. The van der Waals surface area contributed by atoms with Crippen LogP contribution < -0.4 is 10.9 Å². The first-order chi connectivity index (χ1) is 9.81. The van der Waals surface area contributed by atoms with Gasteiger partial charge in [-0.2, -0.15) is 0 Å². The second-order valence-electron chi connectivity index (χ2n) is 5.69. The van der Waals surface area contributed by atoms with E-state index in [2.05, 4.69) is 15.3 Å². The molecule has 7 nitrogen and oxygen atoms in total. The van der Waals surface area contributed by atoms with Crippen molar-refractivity contribution in [3.63, 3.8) is 0 Å². The number of aliphatic carboxylic acids is 1. The fourth-order valence-corrected chi connectivity index (χ4v) is 2.17. The van der Waals surface area contributed by atoms with Crippen LogP contribution in [-0.2, 0) is 4.79 Å². The molecule has 1 aliphatic carbocycles. The number of aromatic amines is 1. The summed E-state index contributed by atoms with van der Waals surface area (Å²) in [7, 11) is 0. The Bertz CT molecular complexity index is 632. The Morgan fingerprint density at radius 2 is 2.00 bits per heavy atom. The highest BCUT2D eigenvalue weighted by Gasteiger charge is 2.38. The second kappa shape index (κ2) is 5.67. The number of hydrogen-bond acceptors (Lipinski definition) is 4. The predicted octanol–water partition coefficient (Wildman–Crippen LogP) is 0.795. The van der Waals surface area contributed by atoms with Crippen molar-refractivity contribution in [2.24, 2.45) is 5.92 Å². The Balaban J connectivity index is 2.27. The lowest BCUT2D eigenvalue weighted by atomic mass is 10.1. The molecule has 0 spiro atoms. The van der Waals surface area contributed by atoms with Crippen LogP contribution in [0.2, 0.25) is 0 Å². The van der Waals surface area contributed by atoms with Crippen molar-refractivity contribution < 1.29 is 14.7 Å². The first-order valence-electron chi connectivity index (χ1n) is 6.95. The number of aromatic nitrogens is 2. The Hall–Kier alpha value is -2.18.